The van der Waals surface area contributed by atoms with Gasteiger partial charge in [-0.2, -0.15) is 0 Å². The van der Waals surface area contributed by atoms with Gasteiger partial charge in [0.05, 0.1) is 5.56 Å². The summed E-state index contributed by atoms with van der Waals surface area (Å²) in [7, 11) is 0. The fourth-order valence-corrected chi connectivity index (χ4v) is 2.45. The highest BCUT2D eigenvalue weighted by molar-refractivity contribution is 6.31. The van der Waals surface area contributed by atoms with Gasteiger partial charge < -0.3 is 10.1 Å². The van der Waals surface area contributed by atoms with E-state index in [4.69, 9.17) is 16.3 Å². The van der Waals surface area contributed by atoms with Crippen LogP contribution in [0.5, 0.6) is 0 Å². The second kappa shape index (κ2) is 5.65. The summed E-state index contributed by atoms with van der Waals surface area (Å²) in [6.45, 7) is 1.86. The van der Waals surface area contributed by atoms with Gasteiger partial charge in [-0.05, 0) is 29.3 Å². The van der Waals surface area contributed by atoms with Crippen molar-refractivity contribution in [1.82, 2.24) is 5.32 Å². The number of rotatable bonds is 3. The summed E-state index contributed by atoms with van der Waals surface area (Å²) < 4.78 is 5.31. The van der Waals surface area contributed by atoms with E-state index in [0.29, 0.717) is 10.6 Å². The SMILES string of the molecule is O=C(OCc1ccccc1Cl)c1ccc2c(c1)CNC2. The zero-order valence-corrected chi connectivity index (χ0v) is 11.6. The Morgan fingerprint density at radius 2 is 1.95 bits per heavy atom. The zero-order valence-electron chi connectivity index (χ0n) is 10.9. The standard InChI is InChI=1S/C16H14ClNO2/c17-15-4-2-1-3-13(15)10-20-16(19)11-5-6-12-8-18-9-14(12)7-11/h1-7,18H,8-10H2. The molecule has 102 valence electrons. The van der Waals surface area contributed by atoms with Crippen LogP contribution in [0, 0.1) is 0 Å². The molecule has 0 saturated heterocycles. The summed E-state index contributed by atoms with van der Waals surface area (Å²) in [6, 6.07) is 13.0. The molecule has 1 N–H and O–H groups in total. The molecule has 20 heavy (non-hydrogen) atoms. The molecule has 0 atom stereocenters. The average Bonchev–Trinajstić information content (AvgIpc) is 2.93. The van der Waals surface area contributed by atoms with Crippen molar-refractivity contribution in [2.45, 2.75) is 19.7 Å². The molecule has 0 aromatic heterocycles. The lowest BCUT2D eigenvalue weighted by Gasteiger charge is -2.07. The molecular formula is C16H14ClNO2. The second-order valence-corrected chi connectivity index (χ2v) is 5.16. The molecule has 4 heteroatoms. The van der Waals surface area contributed by atoms with E-state index in [9.17, 15) is 4.79 Å². The Kier molecular flexibility index (Phi) is 3.72. The molecule has 0 fully saturated rings. The number of nitrogens with one attached hydrogen (secondary N) is 1. The first-order chi connectivity index (χ1) is 9.74. The topological polar surface area (TPSA) is 38.3 Å². The lowest BCUT2D eigenvalue weighted by molar-refractivity contribution is 0.0473. The predicted molar refractivity (Wildman–Crippen MR) is 77.6 cm³/mol. The Balaban J connectivity index is 1.69. The highest BCUT2D eigenvalue weighted by atomic mass is 35.5. The molecular weight excluding hydrogens is 274 g/mol. The van der Waals surface area contributed by atoms with E-state index in [2.05, 4.69) is 5.32 Å². The smallest absolute Gasteiger partial charge is 0.338 e. The van der Waals surface area contributed by atoms with Crippen molar-refractivity contribution in [3.05, 3.63) is 69.7 Å². The number of ether oxygens (including phenoxy) is 1. The first-order valence-corrected chi connectivity index (χ1v) is 6.85. The van der Waals surface area contributed by atoms with E-state index in [1.807, 2.05) is 30.3 Å². The number of fused-ring (bicyclic) bond motifs is 1. The maximum absolute atomic E-state index is 12.0. The number of benzene rings is 2. The van der Waals surface area contributed by atoms with Crippen molar-refractivity contribution in [3.63, 3.8) is 0 Å². The Labute approximate surface area is 122 Å². The molecule has 0 unspecified atom stereocenters. The van der Waals surface area contributed by atoms with Crippen LogP contribution in [0.1, 0.15) is 27.0 Å². The summed E-state index contributed by atoms with van der Waals surface area (Å²) in [5.41, 5.74) is 3.80. The highest BCUT2D eigenvalue weighted by Crippen LogP contribution is 2.19. The van der Waals surface area contributed by atoms with Crippen LogP contribution in [0.3, 0.4) is 0 Å². The van der Waals surface area contributed by atoms with E-state index < -0.39 is 0 Å². The van der Waals surface area contributed by atoms with Gasteiger partial charge >= 0.3 is 5.97 Å². The third-order valence-corrected chi connectivity index (χ3v) is 3.76. The summed E-state index contributed by atoms with van der Waals surface area (Å²) in [5, 5.41) is 3.86. The summed E-state index contributed by atoms with van der Waals surface area (Å²) in [4.78, 5) is 12.0. The van der Waals surface area contributed by atoms with Crippen molar-refractivity contribution >= 4 is 17.6 Å². The first kappa shape index (κ1) is 13.2. The van der Waals surface area contributed by atoms with Crippen molar-refractivity contribution < 1.29 is 9.53 Å². The molecule has 0 spiro atoms. The van der Waals surface area contributed by atoms with Gasteiger partial charge in [0.15, 0.2) is 0 Å². The number of halogens is 1. The minimum absolute atomic E-state index is 0.188. The predicted octanol–water partition coefficient (Wildman–Crippen LogP) is 3.30. The van der Waals surface area contributed by atoms with E-state index >= 15 is 0 Å². The van der Waals surface area contributed by atoms with Gasteiger partial charge in [-0.25, -0.2) is 4.79 Å². The largest absolute Gasteiger partial charge is 0.457 e. The van der Waals surface area contributed by atoms with Crippen LogP contribution in [0.4, 0.5) is 0 Å². The Bertz CT molecular complexity index is 655. The van der Waals surface area contributed by atoms with Crippen molar-refractivity contribution in [2.75, 3.05) is 0 Å². The van der Waals surface area contributed by atoms with Gasteiger partial charge in [-0.3, -0.25) is 0 Å². The van der Waals surface area contributed by atoms with Crippen LogP contribution < -0.4 is 5.32 Å². The number of carbonyl (C=O) groups is 1. The molecule has 0 saturated carbocycles. The summed E-state index contributed by atoms with van der Waals surface area (Å²) >= 11 is 6.03. The van der Waals surface area contributed by atoms with Crippen LogP contribution in [-0.2, 0) is 24.4 Å². The van der Waals surface area contributed by atoms with Gasteiger partial charge in [-0.15, -0.1) is 0 Å². The quantitative estimate of drug-likeness (QED) is 0.880. The van der Waals surface area contributed by atoms with Crippen molar-refractivity contribution in [2.24, 2.45) is 0 Å². The van der Waals surface area contributed by atoms with Crippen LogP contribution >= 0.6 is 11.6 Å². The summed E-state index contributed by atoms with van der Waals surface area (Å²) in [6.07, 6.45) is 0. The number of hydrogen-bond acceptors (Lipinski definition) is 3. The number of hydrogen-bond donors (Lipinski definition) is 1. The molecule has 1 aliphatic heterocycles. The molecule has 0 aliphatic carbocycles. The van der Waals surface area contributed by atoms with Crippen LogP contribution in [0.2, 0.25) is 5.02 Å². The van der Waals surface area contributed by atoms with Crippen LogP contribution in [0.25, 0.3) is 0 Å². The normalized spacial score (nSPS) is 13.1. The Hall–Kier alpha value is -1.84. The fraction of sp³-hybridized carbons (Fsp3) is 0.188. The number of esters is 1. The molecule has 1 aliphatic rings. The molecule has 3 nitrogen and oxygen atoms in total. The Morgan fingerprint density at radius 3 is 2.80 bits per heavy atom. The van der Waals surface area contributed by atoms with E-state index in [1.165, 1.54) is 5.56 Å². The van der Waals surface area contributed by atoms with E-state index in [0.717, 1.165) is 24.2 Å². The molecule has 2 aromatic rings. The molecule has 0 radical (unpaired) electrons. The lowest BCUT2D eigenvalue weighted by atomic mass is 10.1. The zero-order chi connectivity index (χ0) is 13.9. The molecule has 0 amide bonds. The van der Waals surface area contributed by atoms with Gasteiger partial charge in [0.1, 0.15) is 6.61 Å². The maximum atomic E-state index is 12.0. The molecule has 3 rings (SSSR count). The second-order valence-electron chi connectivity index (χ2n) is 4.75. The van der Waals surface area contributed by atoms with Gasteiger partial charge in [0.25, 0.3) is 0 Å². The van der Waals surface area contributed by atoms with E-state index in [1.54, 1.807) is 12.1 Å². The Morgan fingerprint density at radius 1 is 1.15 bits per heavy atom. The van der Waals surface area contributed by atoms with Crippen LogP contribution in [-0.4, -0.2) is 5.97 Å². The van der Waals surface area contributed by atoms with Gasteiger partial charge in [-0.1, -0.05) is 35.9 Å². The monoisotopic (exact) mass is 287 g/mol. The van der Waals surface area contributed by atoms with Gasteiger partial charge in [0, 0.05) is 23.7 Å². The highest BCUT2D eigenvalue weighted by Gasteiger charge is 2.14. The number of carbonyl (C=O) groups excluding carboxylic acids is 1. The molecule has 0 bridgehead atoms. The fourth-order valence-electron chi connectivity index (χ4n) is 2.26. The minimum atomic E-state index is -0.320. The maximum Gasteiger partial charge on any atom is 0.338 e. The van der Waals surface area contributed by atoms with Gasteiger partial charge in [0.2, 0.25) is 0 Å². The minimum Gasteiger partial charge on any atom is -0.457 e. The molecule has 2 aromatic carbocycles. The lowest BCUT2D eigenvalue weighted by Crippen LogP contribution is -2.06. The van der Waals surface area contributed by atoms with Crippen LogP contribution in [0.15, 0.2) is 42.5 Å². The average molecular weight is 288 g/mol. The summed E-state index contributed by atoms with van der Waals surface area (Å²) in [5.74, 6) is -0.320. The third-order valence-electron chi connectivity index (χ3n) is 3.39. The third kappa shape index (κ3) is 2.69. The van der Waals surface area contributed by atoms with E-state index in [-0.39, 0.29) is 12.6 Å². The first-order valence-electron chi connectivity index (χ1n) is 6.47. The molecule has 1 heterocycles. The van der Waals surface area contributed by atoms with Crippen molar-refractivity contribution in [3.8, 4) is 0 Å². The van der Waals surface area contributed by atoms with Crippen molar-refractivity contribution in [1.29, 1.82) is 0 Å².